The highest BCUT2D eigenvalue weighted by atomic mass is 16.3. The highest BCUT2D eigenvalue weighted by molar-refractivity contribution is 5.93. The lowest BCUT2D eigenvalue weighted by Crippen LogP contribution is -2.39. The van der Waals surface area contributed by atoms with E-state index in [0.29, 0.717) is 12.5 Å². The van der Waals surface area contributed by atoms with Gasteiger partial charge in [0.1, 0.15) is 0 Å². The molecule has 1 amide bonds. The third-order valence-electron chi connectivity index (χ3n) is 5.23. The quantitative estimate of drug-likeness (QED) is 0.899. The standard InChI is InChI=1S/C20H24N4O2/c1-14(25)24-9-2-4-16-10-15(6-7-19(16)24)17-11-21-20(22-12-17)23-8-3-5-18(26)13-23/h6-7,10-12,18,26H,2-5,8-9,13H2,1H3. The monoisotopic (exact) mass is 352 g/mol. The van der Waals surface area contributed by atoms with Crippen LogP contribution in [0.3, 0.4) is 0 Å². The summed E-state index contributed by atoms with van der Waals surface area (Å²) in [4.78, 5) is 24.7. The molecule has 0 bridgehead atoms. The molecule has 2 aliphatic heterocycles. The molecule has 1 aromatic carbocycles. The molecule has 6 nitrogen and oxygen atoms in total. The van der Waals surface area contributed by atoms with E-state index in [1.54, 1.807) is 6.92 Å². The van der Waals surface area contributed by atoms with Crippen LogP contribution in [0.5, 0.6) is 0 Å². The van der Waals surface area contributed by atoms with Gasteiger partial charge in [-0.25, -0.2) is 9.97 Å². The lowest BCUT2D eigenvalue weighted by molar-refractivity contribution is -0.116. The third-order valence-corrected chi connectivity index (χ3v) is 5.23. The van der Waals surface area contributed by atoms with Gasteiger partial charge in [-0.3, -0.25) is 4.79 Å². The molecule has 1 fully saturated rings. The lowest BCUT2D eigenvalue weighted by atomic mass is 9.97. The van der Waals surface area contributed by atoms with E-state index in [2.05, 4.69) is 16.0 Å². The number of aliphatic hydroxyl groups is 1. The van der Waals surface area contributed by atoms with Crippen molar-refractivity contribution in [2.75, 3.05) is 29.4 Å². The molecule has 0 radical (unpaired) electrons. The molecule has 3 heterocycles. The Morgan fingerprint density at radius 3 is 2.69 bits per heavy atom. The second-order valence-corrected chi connectivity index (χ2v) is 7.13. The number of benzene rings is 1. The second-order valence-electron chi connectivity index (χ2n) is 7.13. The number of hydrogen-bond donors (Lipinski definition) is 1. The molecule has 0 saturated carbocycles. The van der Waals surface area contributed by atoms with Crippen LogP contribution in [-0.2, 0) is 11.2 Å². The number of aryl methyl sites for hydroxylation is 1. The minimum atomic E-state index is -0.295. The Bertz CT molecular complexity index is 806. The summed E-state index contributed by atoms with van der Waals surface area (Å²) in [5, 5.41) is 9.82. The Balaban J connectivity index is 1.57. The molecule has 4 rings (SSSR count). The van der Waals surface area contributed by atoms with Crippen molar-refractivity contribution >= 4 is 17.5 Å². The van der Waals surface area contributed by atoms with Gasteiger partial charge in [0.2, 0.25) is 11.9 Å². The molecule has 6 heteroatoms. The topological polar surface area (TPSA) is 69.6 Å². The predicted molar refractivity (Wildman–Crippen MR) is 101 cm³/mol. The summed E-state index contributed by atoms with van der Waals surface area (Å²) in [7, 11) is 0. The van der Waals surface area contributed by atoms with E-state index in [0.717, 1.165) is 55.6 Å². The van der Waals surface area contributed by atoms with Crippen LogP contribution in [0.25, 0.3) is 11.1 Å². The predicted octanol–water partition coefficient (Wildman–Crippen LogP) is 2.40. The number of nitrogens with zero attached hydrogens (tertiary/aromatic N) is 4. The lowest BCUT2D eigenvalue weighted by Gasteiger charge is -2.30. The van der Waals surface area contributed by atoms with Crippen molar-refractivity contribution < 1.29 is 9.90 Å². The molecular weight excluding hydrogens is 328 g/mol. The molecule has 1 N–H and O–H groups in total. The zero-order valence-electron chi connectivity index (χ0n) is 15.1. The van der Waals surface area contributed by atoms with Crippen LogP contribution in [0.1, 0.15) is 31.7 Å². The van der Waals surface area contributed by atoms with Crippen LogP contribution in [0.2, 0.25) is 0 Å². The number of aromatic nitrogens is 2. The van der Waals surface area contributed by atoms with Gasteiger partial charge in [-0.1, -0.05) is 6.07 Å². The second kappa shape index (κ2) is 7.03. The average Bonchev–Trinajstić information content (AvgIpc) is 2.67. The first kappa shape index (κ1) is 17.0. The van der Waals surface area contributed by atoms with Gasteiger partial charge < -0.3 is 14.9 Å². The molecule has 0 aliphatic carbocycles. The van der Waals surface area contributed by atoms with Gasteiger partial charge in [0.25, 0.3) is 0 Å². The van der Waals surface area contributed by atoms with Crippen molar-refractivity contribution in [3.05, 3.63) is 36.2 Å². The first-order valence-corrected chi connectivity index (χ1v) is 9.28. The number of fused-ring (bicyclic) bond motifs is 1. The third kappa shape index (κ3) is 3.29. The van der Waals surface area contributed by atoms with Gasteiger partial charge in [-0.15, -0.1) is 0 Å². The molecule has 1 saturated heterocycles. The Morgan fingerprint density at radius 1 is 1.15 bits per heavy atom. The Hall–Kier alpha value is -2.47. The van der Waals surface area contributed by atoms with Crippen LogP contribution < -0.4 is 9.80 Å². The normalized spacial score (nSPS) is 20.0. The molecule has 26 heavy (non-hydrogen) atoms. The fourth-order valence-electron chi connectivity index (χ4n) is 3.87. The first-order chi connectivity index (χ1) is 12.6. The molecule has 2 aromatic rings. The summed E-state index contributed by atoms with van der Waals surface area (Å²) in [5.74, 6) is 0.767. The summed E-state index contributed by atoms with van der Waals surface area (Å²) in [6.45, 7) is 3.89. The van der Waals surface area contributed by atoms with Crippen molar-refractivity contribution in [1.29, 1.82) is 0 Å². The fraction of sp³-hybridized carbons (Fsp3) is 0.450. The fourth-order valence-corrected chi connectivity index (χ4v) is 3.87. The Kier molecular flexibility index (Phi) is 4.59. The largest absolute Gasteiger partial charge is 0.391 e. The van der Waals surface area contributed by atoms with Crippen molar-refractivity contribution in [2.45, 2.75) is 38.7 Å². The van der Waals surface area contributed by atoms with Crippen LogP contribution >= 0.6 is 0 Å². The van der Waals surface area contributed by atoms with E-state index in [1.807, 2.05) is 34.3 Å². The van der Waals surface area contributed by atoms with Gasteiger partial charge >= 0.3 is 0 Å². The zero-order valence-corrected chi connectivity index (χ0v) is 15.1. The van der Waals surface area contributed by atoms with E-state index in [4.69, 9.17) is 0 Å². The summed E-state index contributed by atoms with van der Waals surface area (Å²) in [6, 6.07) is 6.21. The minimum absolute atomic E-state index is 0.0927. The number of β-amino-alcohol motifs (C(OH)–C–C–N with tert-alkyl or cyclic N) is 1. The van der Waals surface area contributed by atoms with Gasteiger partial charge in [-0.2, -0.15) is 0 Å². The number of rotatable bonds is 2. The number of carbonyl (C=O) groups is 1. The molecular formula is C20H24N4O2. The average molecular weight is 352 g/mol. The van der Waals surface area contributed by atoms with E-state index in [1.165, 1.54) is 5.56 Å². The highest BCUT2D eigenvalue weighted by Gasteiger charge is 2.21. The van der Waals surface area contributed by atoms with Crippen molar-refractivity contribution in [3.63, 3.8) is 0 Å². The Morgan fingerprint density at radius 2 is 1.96 bits per heavy atom. The number of piperidine rings is 1. The van der Waals surface area contributed by atoms with Crippen molar-refractivity contribution in [1.82, 2.24) is 9.97 Å². The molecule has 0 spiro atoms. The van der Waals surface area contributed by atoms with Gasteiger partial charge in [0.15, 0.2) is 0 Å². The van der Waals surface area contributed by atoms with Gasteiger partial charge in [-0.05, 0) is 48.9 Å². The number of carbonyl (C=O) groups excluding carboxylic acids is 1. The minimum Gasteiger partial charge on any atom is -0.391 e. The molecule has 1 aromatic heterocycles. The summed E-state index contributed by atoms with van der Waals surface area (Å²) in [6.07, 6.45) is 7.18. The Labute approximate surface area is 153 Å². The number of anilines is 2. The maximum Gasteiger partial charge on any atom is 0.225 e. The zero-order chi connectivity index (χ0) is 18.1. The summed E-state index contributed by atoms with van der Waals surface area (Å²) in [5.41, 5.74) is 4.26. The molecule has 1 atom stereocenters. The van der Waals surface area contributed by atoms with Crippen molar-refractivity contribution in [3.8, 4) is 11.1 Å². The van der Waals surface area contributed by atoms with Gasteiger partial charge in [0, 0.05) is 50.2 Å². The molecule has 1 unspecified atom stereocenters. The molecule has 136 valence electrons. The van der Waals surface area contributed by atoms with Crippen LogP contribution in [-0.4, -0.2) is 46.7 Å². The maximum absolute atomic E-state index is 11.8. The van der Waals surface area contributed by atoms with E-state index in [9.17, 15) is 9.90 Å². The van der Waals surface area contributed by atoms with Crippen molar-refractivity contribution in [2.24, 2.45) is 0 Å². The number of amides is 1. The highest BCUT2D eigenvalue weighted by Crippen LogP contribution is 2.31. The van der Waals surface area contributed by atoms with Crippen LogP contribution in [0, 0.1) is 0 Å². The summed E-state index contributed by atoms with van der Waals surface area (Å²) >= 11 is 0. The van der Waals surface area contributed by atoms with Gasteiger partial charge in [0.05, 0.1) is 6.10 Å². The summed E-state index contributed by atoms with van der Waals surface area (Å²) < 4.78 is 0. The number of aliphatic hydroxyl groups excluding tert-OH is 1. The van der Waals surface area contributed by atoms with Crippen LogP contribution in [0.4, 0.5) is 11.6 Å². The van der Waals surface area contributed by atoms with E-state index < -0.39 is 0 Å². The SMILES string of the molecule is CC(=O)N1CCCc2cc(-c3cnc(N4CCCC(O)C4)nc3)ccc21. The van der Waals surface area contributed by atoms with Crippen LogP contribution in [0.15, 0.2) is 30.6 Å². The number of hydrogen-bond acceptors (Lipinski definition) is 5. The molecule has 2 aliphatic rings. The maximum atomic E-state index is 11.8. The van der Waals surface area contributed by atoms with E-state index >= 15 is 0 Å². The smallest absolute Gasteiger partial charge is 0.225 e. The first-order valence-electron chi connectivity index (χ1n) is 9.28. The van der Waals surface area contributed by atoms with E-state index in [-0.39, 0.29) is 12.0 Å².